The Morgan fingerprint density at radius 1 is 0.833 bits per heavy atom. The molecule has 0 aliphatic heterocycles. The molecular weight excluding hydrogens is 320 g/mol. The van der Waals surface area contributed by atoms with Gasteiger partial charge in [-0.15, -0.1) is 0 Å². The summed E-state index contributed by atoms with van der Waals surface area (Å²) in [6.45, 7) is 0. The van der Waals surface area contributed by atoms with Crippen LogP contribution in [0, 0.1) is 42.2 Å². The summed E-state index contributed by atoms with van der Waals surface area (Å²) in [5.74, 6) is 4.85. The molecule has 0 aliphatic carbocycles. The maximum absolute atomic E-state index is 11.1. The van der Waals surface area contributed by atoms with Crippen molar-refractivity contribution in [3.8, 4) is 11.8 Å². The van der Waals surface area contributed by atoms with Crippen LogP contribution in [-0.2, 0) is 0 Å². The predicted octanol–water partition coefficient (Wildman–Crippen LogP) is 2.39. The van der Waals surface area contributed by atoms with E-state index in [-0.39, 0.29) is 5.69 Å². The third-order valence-corrected chi connectivity index (χ3v) is 2.97. The Morgan fingerprint density at radius 2 is 1.38 bits per heavy atom. The molecule has 2 aromatic rings. The summed E-state index contributed by atoms with van der Waals surface area (Å²) >= 11 is 0. The van der Waals surface area contributed by atoms with E-state index in [9.17, 15) is 30.3 Å². The number of hydrogen-bond donors (Lipinski definition) is 1. The Bertz CT molecular complexity index is 893. The van der Waals surface area contributed by atoms with Gasteiger partial charge in [0.1, 0.15) is 0 Å². The molecule has 0 saturated carbocycles. The molecule has 2 rings (SSSR count). The van der Waals surface area contributed by atoms with Gasteiger partial charge in [0.2, 0.25) is 0 Å². The van der Waals surface area contributed by atoms with Crippen molar-refractivity contribution in [2.24, 2.45) is 0 Å². The van der Waals surface area contributed by atoms with Gasteiger partial charge in [-0.25, -0.2) is 0 Å². The lowest BCUT2D eigenvalue weighted by molar-refractivity contribution is -0.403. The van der Waals surface area contributed by atoms with Gasteiger partial charge in [-0.3, -0.25) is 30.3 Å². The van der Waals surface area contributed by atoms with Crippen LogP contribution >= 0.6 is 0 Å². The highest BCUT2D eigenvalue weighted by Crippen LogP contribution is 2.33. The summed E-state index contributed by atoms with van der Waals surface area (Å²) in [4.78, 5) is 30.2. The first-order valence-electron chi connectivity index (χ1n) is 6.29. The molecule has 0 saturated heterocycles. The molecule has 120 valence electrons. The Hall–Kier alpha value is -4.00. The van der Waals surface area contributed by atoms with Gasteiger partial charge in [0.05, 0.1) is 26.9 Å². The van der Waals surface area contributed by atoms with E-state index in [4.69, 9.17) is 5.73 Å². The highest BCUT2D eigenvalue weighted by Gasteiger charge is 2.29. The van der Waals surface area contributed by atoms with E-state index in [0.717, 1.165) is 0 Å². The Kier molecular flexibility index (Phi) is 4.37. The molecule has 10 heteroatoms. The first kappa shape index (κ1) is 16.4. The fraction of sp³-hybridized carbons (Fsp3) is 0. The van der Waals surface area contributed by atoms with Gasteiger partial charge in [0.25, 0.3) is 17.1 Å². The van der Waals surface area contributed by atoms with Crippen molar-refractivity contribution in [3.05, 3.63) is 77.9 Å². The van der Waals surface area contributed by atoms with Crippen molar-refractivity contribution >= 4 is 22.7 Å². The second-order valence-corrected chi connectivity index (χ2v) is 4.47. The molecular formula is C14H8N4O6. The number of nitrogen functional groups attached to an aromatic ring is 1. The molecule has 0 aliphatic rings. The van der Waals surface area contributed by atoms with Gasteiger partial charge in [-0.2, -0.15) is 0 Å². The van der Waals surface area contributed by atoms with E-state index < -0.39 is 37.4 Å². The molecule has 0 heterocycles. The second-order valence-electron chi connectivity index (χ2n) is 4.47. The Balaban J connectivity index is 2.73. The summed E-state index contributed by atoms with van der Waals surface area (Å²) < 4.78 is 0. The van der Waals surface area contributed by atoms with Gasteiger partial charge in [-0.1, -0.05) is 18.1 Å². The number of anilines is 1. The molecule has 0 bridgehead atoms. The average molecular weight is 328 g/mol. The normalized spacial score (nSPS) is 9.67. The number of rotatable bonds is 3. The van der Waals surface area contributed by atoms with Crippen LogP contribution in [0.25, 0.3) is 0 Å². The lowest BCUT2D eigenvalue weighted by Crippen LogP contribution is -2.01. The van der Waals surface area contributed by atoms with Gasteiger partial charge in [-0.05, 0) is 18.1 Å². The minimum atomic E-state index is -0.960. The number of nitrogens with two attached hydrogens (primary N) is 1. The summed E-state index contributed by atoms with van der Waals surface area (Å²) in [7, 11) is 0. The van der Waals surface area contributed by atoms with Gasteiger partial charge >= 0.3 is 0 Å². The zero-order chi connectivity index (χ0) is 17.9. The highest BCUT2D eigenvalue weighted by atomic mass is 16.6. The first-order chi connectivity index (χ1) is 11.3. The van der Waals surface area contributed by atoms with Gasteiger partial charge in [0, 0.05) is 11.3 Å². The van der Waals surface area contributed by atoms with Crippen LogP contribution in [-0.4, -0.2) is 14.8 Å². The van der Waals surface area contributed by atoms with Crippen LogP contribution < -0.4 is 5.73 Å². The van der Waals surface area contributed by atoms with Crippen LogP contribution in [0.1, 0.15) is 11.1 Å². The average Bonchev–Trinajstić information content (AvgIpc) is 2.53. The molecule has 10 nitrogen and oxygen atoms in total. The molecule has 0 unspecified atom stereocenters. The molecule has 2 N–H and O–H groups in total. The van der Waals surface area contributed by atoms with E-state index in [1.54, 1.807) is 18.2 Å². The third kappa shape index (κ3) is 3.25. The maximum atomic E-state index is 11.1. The summed E-state index contributed by atoms with van der Waals surface area (Å²) in [6.07, 6.45) is 0. The summed E-state index contributed by atoms with van der Waals surface area (Å²) in [6, 6.07) is 7.61. The molecule has 0 aromatic heterocycles. The van der Waals surface area contributed by atoms with Crippen molar-refractivity contribution in [1.82, 2.24) is 0 Å². The van der Waals surface area contributed by atoms with E-state index in [1.807, 2.05) is 0 Å². The lowest BCUT2D eigenvalue weighted by atomic mass is 10.1. The number of nitro benzene ring substituents is 3. The highest BCUT2D eigenvalue weighted by molar-refractivity contribution is 5.69. The van der Waals surface area contributed by atoms with Gasteiger partial charge < -0.3 is 5.73 Å². The van der Waals surface area contributed by atoms with Crippen LogP contribution in [0.3, 0.4) is 0 Å². The van der Waals surface area contributed by atoms with Crippen molar-refractivity contribution in [2.45, 2.75) is 0 Å². The van der Waals surface area contributed by atoms with Crippen LogP contribution in [0.4, 0.5) is 22.7 Å². The van der Waals surface area contributed by atoms with Crippen molar-refractivity contribution in [2.75, 3.05) is 5.73 Å². The van der Waals surface area contributed by atoms with E-state index in [1.165, 1.54) is 6.07 Å². The van der Waals surface area contributed by atoms with Crippen LogP contribution in [0.15, 0.2) is 36.4 Å². The molecule has 0 fully saturated rings. The van der Waals surface area contributed by atoms with Crippen molar-refractivity contribution in [3.63, 3.8) is 0 Å². The topological polar surface area (TPSA) is 155 Å². The number of non-ortho nitro benzene ring substituents is 1. The quantitative estimate of drug-likeness (QED) is 0.392. The summed E-state index contributed by atoms with van der Waals surface area (Å²) in [5.41, 5.74) is 3.36. The zero-order valence-electron chi connectivity index (χ0n) is 11.8. The Labute approximate surface area is 134 Å². The van der Waals surface area contributed by atoms with Crippen LogP contribution in [0.5, 0.6) is 0 Å². The monoisotopic (exact) mass is 328 g/mol. The number of nitrogens with zero attached hydrogens (tertiary/aromatic N) is 3. The molecule has 24 heavy (non-hydrogen) atoms. The number of hydrogen-bond acceptors (Lipinski definition) is 7. The fourth-order valence-electron chi connectivity index (χ4n) is 1.86. The molecule has 0 atom stereocenters. The molecule has 0 spiro atoms. The smallest absolute Gasteiger partial charge is 0.298 e. The van der Waals surface area contributed by atoms with E-state index in [2.05, 4.69) is 11.8 Å². The molecule has 0 radical (unpaired) electrons. The lowest BCUT2D eigenvalue weighted by Gasteiger charge is -1.99. The van der Waals surface area contributed by atoms with E-state index >= 15 is 0 Å². The minimum absolute atomic E-state index is 0.289. The number of para-hydroxylation sites is 1. The minimum Gasteiger partial charge on any atom is -0.398 e. The molecule has 0 amide bonds. The van der Waals surface area contributed by atoms with Gasteiger partial charge in [0.15, 0.2) is 5.56 Å². The number of nitro groups is 3. The van der Waals surface area contributed by atoms with Crippen molar-refractivity contribution < 1.29 is 14.8 Å². The van der Waals surface area contributed by atoms with E-state index in [0.29, 0.717) is 17.7 Å². The first-order valence-corrected chi connectivity index (χ1v) is 6.29. The zero-order valence-corrected chi connectivity index (χ0v) is 11.8. The van der Waals surface area contributed by atoms with Crippen LogP contribution in [0.2, 0.25) is 0 Å². The molecule has 2 aromatic carbocycles. The summed E-state index contributed by atoms with van der Waals surface area (Å²) in [5, 5.41) is 33.0. The predicted molar refractivity (Wildman–Crippen MR) is 83.2 cm³/mol. The third-order valence-electron chi connectivity index (χ3n) is 2.97. The SMILES string of the molecule is Nc1ccccc1C#Cc1c([N+](=O)[O-])cc([N+](=O)[O-])cc1[N+](=O)[O-]. The second kappa shape index (κ2) is 6.41. The Morgan fingerprint density at radius 3 is 1.83 bits per heavy atom. The van der Waals surface area contributed by atoms with Crippen molar-refractivity contribution in [1.29, 1.82) is 0 Å². The number of benzene rings is 2. The standard InChI is InChI=1S/C14H8N4O6/c15-12-4-2-1-3-9(12)5-6-11-13(17(21)22)7-10(16(19)20)8-14(11)18(23)24/h1-4,7-8H,15H2. The largest absolute Gasteiger partial charge is 0.398 e. The fourth-order valence-corrected chi connectivity index (χ4v) is 1.86. The maximum Gasteiger partial charge on any atom is 0.298 e.